The zero-order valence-electron chi connectivity index (χ0n) is 17.1. The number of amides is 5. The first-order chi connectivity index (χ1) is 13.8. The van der Waals surface area contributed by atoms with Crippen LogP contribution in [0.15, 0.2) is 0 Å². The molecule has 0 aromatic carbocycles. The smallest absolute Gasteiger partial charge is 0.326 e. The molecule has 4 atom stereocenters. The van der Waals surface area contributed by atoms with Crippen LogP contribution in [0, 0.1) is 5.92 Å². The number of nitrogens with two attached hydrogens (primary N) is 3. The van der Waals surface area contributed by atoms with Crippen LogP contribution >= 0.6 is 0 Å². The Kier molecular flexibility index (Phi) is 11.0. The van der Waals surface area contributed by atoms with Crippen LogP contribution in [0.1, 0.15) is 40.0 Å². The van der Waals surface area contributed by atoms with Crippen LogP contribution in [0.2, 0.25) is 0 Å². The minimum absolute atomic E-state index is 0.00283. The maximum Gasteiger partial charge on any atom is 0.326 e. The van der Waals surface area contributed by atoms with Crippen molar-refractivity contribution < 1.29 is 33.9 Å². The molecule has 0 saturated carbocycles. The fourth-order valence-electron chi connectivity index (χ4n) is 2.29. The van der Waals surface area contributed by atoms with Crippen molar-refractivity contribution in [3.8, 4) is 0 Å². The molecular weight excluding hydrogens is 400 g/mol. The van der Waals surface area contributed by atoms with E-state index in [1.165, 1.54) is 6.92 Å². The van der Waals surface area contributed by atoms with Crippen molar-refractivity contribution in [3.63, 3.8) is 0 Å². The van der Waals surface area contributed by atoms with Gasteiger partial charge >= 0.3 is 5.97 Å². The fraction of sp³-hybridized carbons (Fsp3) is 0.647. The lowest BCUT2D eigenvalue weighted by Crippen LogP contribution is -2.57. The minimum Gasteiger partial charge on any atom is -0.480 e. The molecule has 0 aliphatic rings. The highest BCUT2D eigenvalue weighted by molar-refractivity contribution is 5.94. The van der Waals surface area contributed by atoms with Gasteiger partial charge in [-0.05, 0) is 19.3 Å². The molecule has 0 aliphatic carbocycles. The summed E-state index contributed by atoms with van der Waals surface area (Å²) < 4.78 is 0. The highest BCUT2D eigenvalue weighted by Gasteiger charge is 2.30. The van der Waals surface area contributed by atoms with Gasteiger partial charge in [0.05, 0.1) is 12.5 Å². The van der Waals surface area contributed by atoms with E-state index in [9.17, 15) is 28.8 Å². The number of carboxylic acids is 1. The van der Waals surface area contributed by atoms with Crippen molar-refractivity contribution in [3.05, 3.63) is 0 Å². The van der Waals surface area contributed by atoms with Gasteiger partial charge in [-0.15, -0.1) is 0 Å². The number of carbonyl (C=O) groups is 6. The maximum atomic E-state index is 12.5. The molecule has 0 heterocycles. The van der Waals surface area contributed by atoms with Crippen molar-refractivity contribution in [2.75, 3.05) is 0 Å². The van der Waals surface area contributed by atoms with E-state index < -0.39 is 66.1 Å². The average Bonchev–Trinajstić information content (AvgIpc) is 2.61. The number of hydrogen-bond acceptors (Lipinski definition) is 7. The summed E-state index contributed by atoms with van der Waals surface area (Å²) in [5.41, 5.74) is 15.6. The van der Waals surface area contributed by atoms with Crippen LogP contribution in [0.25, 0.3) is 0 Å². The number of primary amides is 2. The van der Waals surface area contributed by atoms with E-state index in [1.807, 2.05) is 0 Å². The van der Waals surface area contributed by atoms with Gasteiger partial charge in [-0.3, -0.25) is 24.0 Å². The summed E-state index contributed by atoms with van der Waals surface area (Å²) in [6.07, 6.45) is -0.709. The first-order valence-electron chi connectivity index (χ1n) is 9.22. The molecule has 0 aromatic rings. The Morgan fingerprint density at radius 1 is 0.833 bits per heavy atom. The molecule has 13 heteroatoms. The Morgan fingerprint density at radius 2 is 1.40 bits per heavy atom. The first kappa shape index (κ1) is 26.8. The molecule has 10 N–H and O–H groups in total. The summed E-state index contributed by atoms with van der Waals surface area (Å²) in [6.45, 7) is 4.60. The van der Waals surface area contributed by atoms with Crippen LogP contribution in [0.5, 0.6) is 0 Å². The van der Waals surface area contributed by atoms with E-state index in [0.717, 1.165) is 0 Å². The fourth-order valence-corrected chi connectivity index (χ4v) is 2.29. The van der Waals surface area contributed by atoms with Crippen molar-refractivity contribution in [1.29, 1.82) is 0 Å². The van der Waals surface area contributed by atoms with Crippen LogP contribution in [-0.2, 0) is 28.8 Å². The molecule has 170 valence electrons. The summed E-state index contributed by atoms with van der Waals surface area (Å²) in [4.78, 5) is 69.6. The van der Waals surface area contributed by atoms with Crippen molar-refractivity contribution in [2.24, 2.45) is 23.1 Å². The molecule has 0 radical (unpaired) electrons. The highest BCUT2D eigenvalue weighted by atomic mass is 16.4. The van der Waals surface area contributed by atoms with Crippen molar-refractivity contribution in [2.45, 2.75) is 64.2 Å². The Bertz CT molecular complexity index is 682. The summed E-state index contributed by atoms with van der Waals surface area (Å²) in [5.74, 6) is -5.61. The summed E-state index contributed by atoms with van der Waals surface area (Å²) >= 11 is 0. The topological polar surface area (TPSA) is 237 Å². The molecule has 0 rings (SSSR count). The number of carboxylic acid groups (broad SMARTS) is 1. The van der Waals surface area contributed by atoms with Crippen molar-refractivity contribution in [1.82, 2.24) is 16.0 Å². The third-order valence-corrected chi connectivity index (χ3v) is 4.06. The number of nitrogens with one attached hydrogen (secondary N) is 3. The maximum absolute atomic E-state index is 12.5. The Balaban J connectivity index is 4.98. The van der Waals surface area contributed by atoms with E-state index in [2.05, 4.69) is 16.0 Å². The molecular formula is C17H30N6O7. The zero-order chi connectivity index (χ0) is 23.6. The Hall–Kier alpha value is -3.22. The van der Waals surface area contributed by atoms with E-state index >= 15 is 0 Å². The standard InChI is InChI=1S/C17H30N6O7/c1-7(2)13(23-15(27)9(18)4-5-11(19)24)16(28)21-8(3)14(26)22-10(17(29)30)6-12(20)25/h7-10,13H,4-6,18H2,1-3H3,(H2,19,24)(H2,20,25)(H,21,28)(H,22,26)(H,23,27)(H,29,30). The molecule has 30 heavy (non-hydrogen) atoms. The van der Waals surface area contributed by atoms with E-state index in [-0.39, 0.29) is 18.8 Å². The first-order valence-corrected chi connectivity index (χ1v) is 9.22. The summed E-state index contributed by atoms with van der Waals surface area (Å²) in [5, 5.41) is 15.9. The van der Waals surface area contributed by atoms with Gasteiger partial charge in [-0.2, -0.15) is 0 Å². The number of rotatable bonds is 13. The van der Waals surface area contributed by atoms with Crippen molar-refractivity contribution >= 4 is 35.5 Å². The lowest BCUT2D eigenvalue weighted by atomic mass is 10.0. The monoisotopic (exact) mass is 430 g/mol. The molecule has 13 nitrogen and oxygen atoms in total. The van der Waals surface area contributed by atoms with Gasteiger partial charge in [0.1, 0.15) is 18.1 Å². The van der Waals surface area contributed by atoms with Gasteiger partial charge in [-0.25, -0.2) is 4.79 Å². The predicted molar refractivity (Wildman–Crippen MR) is 104 cm³/mol. The highest BCUT2D eigenvalue weighted by Crippen LogP contribution is 2.05. The third kappa shape index (κ3) is 9.82. The van der Waals surface area contributed by atoms with E-state index in [4.69, 9.17) is 22.3 Å². The average molecular weight is 430 g/mol. The third-order valence-electron chi connectivity index (χ3n) is 4.06. The molecule has 5 amide bonds. The molecule has 4 unspecified atom stereocenters. The van der Waals surface area contributed by atoms with Gasteiger partial charge in [-0.1, -0.05) is 13.8 Å². The lowest BCUT2D eigenvalue weighted by molar-refractivity contribution is -0.143. The van der Waals surface area contributed by atoms with Crippen LogP contribution in [0.4, 0.5) is 0 Å². The Morgan fingerprint density at radius 3 is 1.83 bits per heavy atom. The van der Waals surface area contributed by atoms with Crippen LogP contribution in [-0.4, -0.2) is 64.8 Å². The van der Waals surface area contributed by atoms with Gasteiger partial charge in [0.15, 0.2) is 0 Å². The molecule has 0 bridgehead atoms. The second-order valence-electron chi connectivity index (χ2n) is 7.14. The summed E-state index contributed by atoms with van der Waals surface area (Å²) in [7, 11) is 0. The minimum atomic E-state index is -1.54. The Labute approximate surface area is 173 Å². The SMILES string of the molecule is CC(NC(=O)C(NC(=O)C(N)CCC(N)=O)C(C)C)C(=O)NC(CC(N)=O)C(=O)O. The summed E-state index contributed by atoms with van der Waals surface area (Å²) in [6, 6.07) is -4.82. The van der Waals surface area contributed by atoms with E-state index in [1.54, 1.807) is 13.8 Å². The van der Waals surface area contributed by atoms with Gasteiger partial charge in [0.2, 0.25) is 29.5 Å². The number of aliphatic carboxylic acids is 1. The second kappa shape index (κ2) is 12.4. The quantitative estimate of drug-likeness (QED) is 0.155. The number of hydrogen-bond donors (Lipinski definition) is 7. The second-order valence-corrected chi connectivity index (χ2v) is 7.14. The van der Waals surface area contributed by atoms with E-state index in [0.29, 0.717) is 0 Å². The normalized spacial score (nSPS) is 14.7. The van der Waals surface area contributed by atoms with Gasteiger partial charge in [0.25, 0.3) is 0 Å². The molecule has 0 saturated heterocycles. The van der Waals surface area contributed by atoms with Gasteiger partial charge < -0.3 is 38.3 Å². The molecule has 0 aliphatic heterocycles. The van der Waals surface area contributed by atoms with Gasteiger partial charge in [0, 0.05) is 6.42 Å². The largest absolute Gasteiger partial charge is 0.480 e. The molecule has 0 aromatic heterocycles. The number of carbonyl (C=O) groups excluding carboxylic acids is 5. The predicted octanol–water partition coefficient (Wildman–Crippen LogP) is -3.33. The molecule has 0 fully saturated rings. The lowest BCUT2D eigenvalue weighted by Gasteiger charge is -2.25. The zero-order valence-corrected chi connectivity index (χ0v) is 17.1. The molecule has 0 spiro atoms. The van der Waals surface area contributed by atoms with Crippen LogP contribution in [0.3, 0.4) is 0 Å². The van der Waals surface area contributed by atoms with Crippen LogP contribution < -0.4 is 33.2 Å².